The Morgan fingerprint density at radius 2 is 1.77 bits per heavy atom. The number of anilines is 1. The van der Waals surface area contributed by atoms with E-state index in [0.29, 0.717) is 23.6 Å². The first kappa shape index (κ1) is 21.7. The third-order valence-electron chi connectivity index (χ3n) is 4.12. The molecule has 0 fully saturated rings. The number of nitro benzene ring substituents is 1. The summed E-state index contributed by atoms with van der Waals surface area (Å²) in [5.41, 5.74) is 2.13. The third-order valence-corrected chi connectivity index (χ3v) is 4.32. The monoisotopic (exact) mass is 433 g/mol. The highest BCUT2D eigenvalue weighted by molar-refractivity contribution is 7.80. The number of nitrogens with one attached hydrogen (secondary N) is 2. The first-order valence-electron chi connectivity index (χ1n) is 9.31. The Labute approximate surface area is 184 Å². The summed E-state index contributed by atoms with van der Waals surface area (Å²) in [6.07, 6.45) is 2.73. The van der Waals surface area contributed by atoms with Crippen molar-refractivity contribution < 1.29 is 14.5 Å². The Hall–Kier alpha value is -4.04. The molecule has 0 aliphatic rings. The number of hydrogen-bond acceptors (Lipinski definition) is 5. The maximum atomic E-state index is 12.1. The van der Waals surface area contributed by atoms with E-state index in [2.05, 4.69) is 10.6 Å². The molecule has 0 aliphatic heterocycles. The van der Waals surface area contributed by atoms with E-state index >= 15 is 0 Å². The van der Waals surface area contributed by atoms with Crippen LogP contribution in [0.2, 0.25) is 0 Å². The standard InChI is InChI=1S/C23H19N3O4S/c27-22(14-13-17-9-6-10-19(15-17)26(28)29)25-23(31)24-20-11-4-5-12-21(20)30-16-18-7-2-1-3-8-18/h1-15H,16H2,(H2,24,25,27,31)/b14-13+. The number of amides is 1. The molecule has 0 radical (unpaired) electrons. The molecule has 8 heteroatoms. The fourth-order valence-corrected chi connectivity index (χ4v) is 2.86. The molecular formula is C23H19N3O4S. The van der Waals surface area contributed by atoms with Crippen LogP contribution in [0.5, 0.6) is 5.75 Å². The Morgan fingerprint density at radius 1 is 1.03 bits per heavy atom. The van der Waals surface area contributed by atoms with E-state index in [-0.39, 0.29) is 10.8 Å². The Morgan fingerprint density at radius 3 is 2.55 bits per heavy atom. The highest BCUT2D eigenvalue weighted by Gasteiger charge is 2.08. The molecular weight excluding hydrogens is 414 g/mol. The molecule has 1 amide bonds. The molecule has 0 heterocycles. The predicted octanol–water partition coefficient (Wildman–Crippen LogP) is 4.70. The Kier molecular flexibility index (Phi) is 7.45. The lowest BCUT2D eigenvalue weighted by atomic mass is 10.2. The van der Waals surface area contributed by atoms with Gasteiger partial charge in [-0.2, -0.15) is 0 Å². The second-order valence-corrected chi connectivity index (χ2v) is 6.81. The van der Waals surface area contributed by atoms with Crippen LogP contribution in [0.4, 0.5) is 11.4 Å². The van der Waals surface area contributed by atoms with Crippen molar-refractivity contribution in [2.24, 2.45) is 0 Å². The molecule has 156 valence electrons. The minimum Gasteiger partial charge on any atom is -0.487 e. The first-order valence-corrected chi connectivity index (χ1v) is 9.72. The summed E-state index contributed by atoms with van der Waals surface area (Å²) < 4.78 is 5.86. The van der Waals surface area contributed by atoms with Crippen LogP contribution in [-0.4, -0.2) is 15.9 Å². The lowest BCUT2D eigenvalue weighted by Gasteiger charge is -2.14. The number of rotatable bonds is 7. The van der Waals surface area contributed by atoms with Crippen LogP contribution in [-0.2, 0) is 11.4 Å². The van der Waals surface area contributed by atoms with Gasteiger partial charge in [-0.05, 0) is 41.6 Å². The molecule has 0 saturated carbocycles. The van der Waals surface area contributed by atoms with E-state index in [1.165, 1.54) is 24.3 Å². The van der Waals surface area contributed by atoms with Gasteiger partial charge >= 0.3 is 0 Å². The van der Waals surface area contributed by atoms with Gasteiger partial charge in [-0.15, -0.1) is 0 Å². The molecule has 0 aliphatic carbocycles. The zero-order chi connectivity index (χ0) is 22.1. The number of para-hydroxylation sites is 2. The molecule has 0 aromatic heterocycles. The topological polar surface area (TPSA) is 93.5 Å². The molecule has 2 N–H and O–H groups in total. The summed E-state index contributed by atoms with van der Waals surface area (Å²) in [6, 6.07) is 23.0. The predicted molar refractivity (Wildman–Crippen MR) is 124 cm³/mol. The Bertz CT molecular complexity index is 1120. The molecule has 0 unspecified atom stereocenters. The molecule has 0 bridgehead atoms. The SMILES string of the molecule is O=C(/C=C/c1cccc([N+](=O)[O-])c1)NC(=S)Nc1ccccc1OCc1ccccc1. The minimum absolute atomic E-state index is 0.0492. The van der Waals surface area contributed by atoms with E-state index in [9.17, 15) is 14.9 Å². The number of carbonyl (C=O) groups excluding carboxylic acids is 1. The van der Waals surface area contributed by atoms with E-state index in [1.54, 1.807) is 24.3 Å². The van der Waals surface area contributed by atoms with Crippen molar-refractivity contribution >= 4 is 40.7 Å². The van der Waals surface area contributed by atoms with Gasteiger partial charge in [-0.25, -0.2) is 0 Å². The van der Waals surface area contributed by atoms with E-state index in [1.807, 2.05) is 42.5 Å². The van der Waals surface area contributed by atoms with Gasteiger partial charge < -0.3 is 10.1 Å². The van der Waals surface area contributed by atoms with Gasteiger partial charge in [-0.1, -0.05) is 54.6 Å². The summed E-state index contributed by atoms with van der Waals surface area (Å²) in [7, 11) is 0. The number of ether oxygens (including phenoxy) is 1. The van der Waals surface area contributed by atoms with Crippen LogP contribution >= 0.6 is 12.2 Å². The normalized spacial score (nSPS) is 10.5. The number of benzene rings is 3. The fourth-order valence-electron chi connectivity index (χ4n) is 2.65. The summed E-state index contributed by atoms with van der Waals surface area (Å²) in [6.45, 7) is 0.393. The lowest BCUT2D eigenvalue weighted by molar-refractivity contribution is -0.384. The molecule has 3 rings (SSSR count). The van der Waals surface area contributed by atoms with E-state index in [4.69, 9.17) is 17.0 Å². The van der Waals surface area contributed by atoms with E-state index < -0.39 is 10.8 Å². The lowest BCUT2D eigenvalue weighted by Crippen LogP contribution is -2.32. The van der Waals surface area contributed by atoms with Crippen molar-refractivity contribution in [3.63, 3.8) is 0 Å². The quantitative estimate of drug-likeness (QED) is 0.243. The molecule has 0 spiro atoms. The van der Waals surface area contributed by atoms with Crippen LogP contribution < -0.4 is 15.4 Å². The minimum atomic E-state index is -0.492. The van der Waals surface area contributed by atoms with Gasteiger partial charge in [0.1, 0.15) is 12.4 Å². The van der Waals surface area contributed by atoms with Crippen LogP contribution in [0.25, 0.3) is 6.08 Å². The summed E-state index contributed by atoms with van der Waals surface area (Å²) in [4.78, 5) is 22.5. The van der Waals surface area contributed by atoms with Gasteiger partial charge in [0, 0.05) is 18.2 Å². The molecule has 3 aromatic carbocycles. The average Bonchev–Trinajstić information content (AvgIpc) is 2.78. The highest BCUT2D eigenvalue weighted by Crippen LogP contribution is 2.24. The van der Waals surface area contributed by atoms with Gasteiger partial charge in [0.25, 0.3) is 5.69 Å². The zero-order valence-electron chi connectivity index (χ0n) is 16.4. The van der Waals surface area contributed by atoms with Gasteiger partial charge in [0.15, 0.2) is 5.11 Å². The maximum Gasteiger partial charge on any atom is 0.270 e. The summed E-state index contributed by atoms with van der Waals surface area (Å²) >= 11 is 5.21. The average molecular weight is 433 g/mol. The number of nitro groups is 1. The molecule has 7 nitrogen and oxygen atoms in total. The Balaban J connectivity index is 1.57. The number of carbonyl (C=O) groups is 1. The van der Waals surface area contributed by atoms with E-state index in [0.717, 1.165) is 5.56 Å². The van der Waals surface area contributed by atoms with Crippen molar-refractivity contribution in [1.82, 2.24) is 5.32 Å². The van der Waals surface area contributed by atoms with Gasteiger partial charge in [0.2, 0.25) is 5.91 Å². The highest BCUT2D eigenvalue weighted by atomic mass is 32.1. The zero-order valence-corrected chi connectivity index (χ0v) is 17.2. The molecule has 0 atom stereocenters. The summed E-state index contributed by atoms with van der Waals surface area (Å²) in [5, 5.41) is 16.4. The van der Waals surface area contributed by atoms with Crippen LogP contribution in [0.15, 0.2) is 84.9 Å². The van der Waals surface area contributed by atoms with Crippen LogP contribution in [0.3, 0.4) is 0 Å². The smallest absolute Gasteiger partial charge is 0.270 e. The molecule has 3 aromatic rings. The van der Waals surface area contributed by atoms with Gasteiger partial charge in [0.05, 0.1) is 10.6 Å². The molecule has 31 heavy (non-hydrogen) atoms. The van der Waals surface area contributed by atoms with Crippen LogP contribution in [0.1, 0.15) is 11.1 Å². The molecule has 0 saturated heterocycles. The van der Waals surface area contributed by atoms with Crippen molar-refractivity contribution in [3.8, 4) is 5.75 Å². The third kappa shape index (κ3) is 6.76. The number of nitrogens with zero attached hydrogens (tertiary/aromatic N) is 1. The fraction of sp³-hybridized carbons (Fsp3) is 0.0435. The number of thiocarbonyl (C=S) groups is 1. The first-order chi connectivity index (χ1) is 15.0. The van der Waals surface area contributed by atoms with Gasteiger partial charge in [-0.3, -0.25) is 20.2 Å². The summed E-state index contributed by atoms with van der Waals surface area (Å²) in [5.74, 6) is 0.127. The van der Waals surface area contributed by atoms with Crippen molar-refractivity contribution in [2.75, 3.05) is 5.32 Å². The van der Waals surface area contributed by atoms with Crippen molar-refractivity contribution in [2.45, 2.75) is 6.61 Å². The second-order valence-electron chi connectivity index (χ2n) is 6.40. The maximum absolute atomic E-state index is 12.1. The largest absolute Gasteiger partial charge is 0.487 e. The number of hydrogen-bond donors (Lipinski definition) is 2. The number of non-ortho nitro benzene ring substituents is 1. The second kappa shape index (κ2) is 10.7. The van der Waals surface area contributed by atoms with Crippen LogP contribution in [0, 0.1) is 10.1 Å². The van der Waals surface area contributed by atoms with Crippen molar-refractivity contribution in [1.29, 1.82) is 0 Å². The van der Waals surface area contributed by atoms with Crippen molar-refractivity contribution in [3.05, 3.63) is 106 Å².